The Labute approximate surface area is 89.7 Å². The van der Waals surface area contributed by atoms with Crippen LogP contribution in [0.4, 0.5) is 0 Å². The number of nitrogens with one attached hydrogen (secondary N) is 1. The van der Waals surface area contributed by atoms with E-state index in [1.807, 2.05) is 6.92 Å². The highest BCUT2D eigenvalue weighted by Gasteiger charge is 2.01. The average molecular weight is 213 g/mol. The van der Waals surface area contributed by atoms with E-state index in [-0.39, 0.29) is 6.04 Å². The largest absolute Gasteiger partial charge is 0.327 e. The summed E-state index contributed by atoms with van der Waals surface area (Å²) in [6.07, 6.45) is 2.24. The topological polar surface area (TPSA) is 50.9 Å². The lowest BCUT2D eigenvalue weighted by molar-refractivity contribution is 0.536. The molecular weight excluding hydrogens is 194 g/mol. The molecule has 4 heteroatoms. The van der Waals surface area contributed by atoms with Crippen LogP contribution in [0.2, 0.25) is 0 Å². The van der Waals surface area contributed by atoms with Gasteiger partial charge in [0.25, 0.3) is 0 Å². The molecule has 0 spiro atoms. The summed E-state index contributed by atoms with van der Waals surface area (Å²) in [5.41, 5.74) is 6.99. The van der Waals surface area contributed by atoms with Gasteiger partial charge < -0.3 is 11.1 Å². The molecule has 0 aliphatic rings. The maximum atomic E-state index is 5.87. The fourth-order valence-corrected chi connectivity index (χ4v) is 1.96. The number of thiazole rings is 1. The van der Waals surface area contributed by atoms with Crippen molar-refractivity contribution in [2.75, 3.05) is 6.54 Å². The SMILES string of the molecule is CCCC(N)CNCc1csc(C)n1. The van der Waals surface area contributed by atoms with Gasteiger partial charge in [-0.05, 0) is 13.3 Å². The number of hydrogen-bond donors (Lipinski definition) is 2. The summed E-state index contributed by atoms with van der Waals surface area (Å²) >= 11 is 1.69. The van der Waals surface area contributed by atoms with E-state index >= 15 is 0 Å². The molecule has 0 bridgehead atoms. The van der Waals surface area contributed by atoms with Crippen molar-refractivity contribution < 1.29 is 0 Å². The van der Waals surface area contributed by atoms with Crippen LogP contribution in [0.1, 0.15) is 30.5 Å². The van der Waals surface area contributed by atoms with Gasteiger partial charge in [0.05, 0.1) is 10.7 Å². The Morgan fingerprint density at radius 1 is 1.64 bits per heavy atom. The van der Waals surface area contributed by atoms with Crippen LogP contribution in [0.3, 0.4) is 0 Å². The van der Waals surface area contributed by atoms with Gasteiger partial charge in [-0.1, -0.05) is 13.3 Å². The quantitative estimate of drug-likeness (QED) is 0.756. The number of hydrogen-bond acceptors (Lipinski definition) is 4. The van der Waals surface area contributed by atoms with Crippen LogP contribution < -0.4 is 11.1 Å². The third-order valence-corrected chi connectivity index (χ3v) is 2.86. The fourth-order valence-electron chi connectivity index (χ4n) is 1.35. The predicted octanol–water partition coefficient (Wildman–Crippen LogP) is 1.67. The summed E-state index contributed by atoms with van der Waals surface area (Å²) in [4.78, 5) is 4.37. The van der Waals surface area contributed by atoms with Gasteiger partial charge in [0, 0.05) is 24.5 Å². The highest BCUT2D eigenvalue weighted by Crippen LogP contribution is 2.07. The zero-order valence-corrected chi connectivity index (χ0v) is 9.73. The molecule has 3 nitrogen and oxygen atoms in total. The van der Waals surface area contributed by atoms with Crippen molar-refractivity contribution in [2.24, 2.45) is 5.73 Å². The Kier molecular flexibility index (Phi) is 5.07. The Balaban J connectivity index is 2.15. The summed E-state index contributed by atoms with van der Waals surface area (Å²) in [6, 6.07) is 0.278. The van der Waals surface area contributed by atoms with Gasteiger partial charge in [0.1, 0.15) is 0 Å². The van der Waals surface area contributed by atoms with E-state index in [0.29, 0.717) is 0 Å². The average Bonchev–Trinajstić information content (AvgIpc) is 2.52. The van der Waals surface area contributed by atoms with Crippen molar-refractivity contribution in [1.82, 2.24) is 10.3 Å². The molecule has 0 aliphatic carbocycles. The van der Waals surface area contributed by atoms with Crippen LogP contribution in [-0.4, -0.2) is 17.6 Å². The summed E-state index contributed by atoms with van der Waals surface area (Å²) in [5, 5.41) is 6.53. The molecule has 1 aromatic heterocycles. The van der Waals surface area contributed by atoms with Crippen LogP contribution in [0, 0.1) is 6.92 Å². The third kappa shape index (κ3) is 4.17. The maximum Gasteiger partial charge on any atom is 0.0897 e. The maximum absolute atomic E-state index is 5.87. The summed E-state index contributed by atoms with van der Waals surface area (Å²) in [6.45, 7) is 5.90. The molecule has 0 saturated carbocycles. The molecule has 0 fully saturated rings. The summed E-state index contributed by atoms with van der Waals surface area (Å²) in [5.74, 6) is 0. The molecule has 0 amide bonds. The predicted molar refractivity (Wildman–Crippen MR) is 61.4 cm³/mol. The van der Waals surface area contributed by atoms with Crippen molar-refractivity contribution >= 4 is 11.3 Å². The standard InChI is InChI=1S/C10H19N3S/c1-3-4-9(11)5-12-6-10-7-14-8(2)13-10/h7,9,12H,3-6,11H2,1-2H3. The van der Waals surface area contributed by atoms with Gasteiger partial charge in [0.15, 0.2) is 0 Å². The monoisotopic (exact) mass is 213 g/mol. The van der Waals surface area contributed by atoms with Crippen molar-refractivity contribution in [2.45, 2.75) is 39.3 Å². The van der Waals surface area contributed by atoms with E-state index < -0.39 is 0 Å². The Morgan fingerprint density at radius 2 is 2.43 bits per heavy atom. The number of aryl methyl sites for hydroxylation is 1. The molecule has 1 aromatic rings. The molecule has 80 valence electrons. The van der Waals surface area contributed by atoms with Crippen molar-refractivity contribution in [3.63, 3.8) is 0 Å². The number of aromatic nitrogens is 1. The Bertz CT molecular complexity index is 260. The molecule has 0 aliphatic heterocycles. The first kappa shape index (κ1) is 11.6. The fraction of sp³-hybridized carbons (Fsp3) is 0.700. The minimum atomic E-state index is 0.278. The normalized spacial score (nSPS) is 13.1. The lowest BCUT2D eigenvalue weighted by Gasteiger charge is -2.10. The summed E-state index contributed by atoms with van der Waals surface area (Å²) in [7, 11) is 0. The van der Waals surface area contributed by atoms with Crippen LogP contribution in [0.15, 0.2) is 5.38 Å². The zero-order valence-electron chi connectivity index (χ0n) is 8.92. The molecule has 1 heterocycles. The van der Waals surface area contributed by atoms with Crippen LogP contribution in [0.25, 0.3) is 0 Å². The van der Waals surface area contributed by atoms with Crippen molar-refractivity contribution in [3.8, 4) is 0 Å². The minimum absolute atomic E-state index is 0.278. The van der Waals surface area contributed by atoms with Crippen molar-refractivity contribution in [3.05, 3.63) is 16.1 Å². The van der Waals surface area contributed by atoms with Crippen LogP contribution in [-0.2, 0) is 6.54 Å². The van der Waals surface area contributed by atoms with E-state index in [4.69, 9.17) is 5.73 Å². The smallest absolute Gasteiger partial charge is 0.0897 e. The first-order chi connectivity index (χ1) is 6.72. The van der Waals surface area contributed by atoms with Gasteiger partial charge in [-0.25, -0.2) is 4.98 Å². The van der Waals surface area contributed by atoms with Gasteiger partial charge in [-0.2, -0.15) is 0 Å². The number of rotatable bonds is 6. The molecule has 0 aromatic carbocycles. The Morgan fingerprint density at radius 3 is 3.00 bits per heavy atom. The second-order valence-corrected chi connectivity index (χ2v) is 4.60. The lowest BCUT2D eigenvalue weighted by atomic mass is 10.2. The Hall–Kier alpha value is -0.450. The second kappa shape index (κ2) is 6.11. The molecule has 14 heavy (non-hydrogen) atoms. The van der Waals surface area contributed by atoms with Gasteiger partial charge in [-0.15, -0.1) is 11.3 Å². The highest BCUT2D eigenvalue weighted by atomic mass is 32.1. The first-order valence-corrected chi connectivity index (χ1v) is 5.97. The van der Waals surface area contributed by atoms with E-state index in [2.05, 4.69) is 22.6 Å². The summed E-state index contributed by atoms with van der Waals surface area (Å²) < 4.78 is 0. The van der Waals surface area contributed by atoms with E-state index in [0.717, 1.165) is 36.6 Å². The van der Waals surface area contributed by atoms with Crippen LogP contribution >= 0.6 is 11.3 Å². The molecule has 1 unspecified atom stereocenters. The lowest BCUT2D eigenvalue weighted by Crippen LogP contribution is -2.33. The van der Waals surface area contributed by atoms with Crippen molar-refractivity contribution in [1.29, 1.82) is 0 Å². The number of nitrogens with zero attached hydrogens (tertiary/aromatic N) is 1. The molecule has 1 atom stereocenters. The van der Waals surface area contributed by atoms with E-state index in [1.54, 1.807) is 11.3 Å². The second-order valence-electron chi connectivity index (χ2n) is 3.54. The van der Waals surface area contributed by atoms with Gasteiger partial charge in [0.2, 0.25) is 0 Å². The van der Waals surface area contributed by atoms with Crippen LogP contribution in [0.5, 0.6) is 0 Å². The van der Waals surface area contributed by atoms with Gasteiger partial charge >= 0.3 is 0 Å². The van der Waals surface area contributed by atoms with E-state index in [1.165, 1.54) is 0 Å². The third-order valence-electron chi connectivity index (χ3n) is 2.04. The highest BCUT2D eigenvalue weighted by molar-refractivity contribution is 7.09. The zero-order chi connectivity index (χ0) is 10.4. The van der Waals surface area contributed by atoms with Gasteiger partial charge in [-0.3, -0.25) is 0 Å². The molecular formula is C10H19N3S. The minimum Gasteiger partial charge on any atom is -0.327 e. The first-order valence-electron chi connectivity index (χ1n) is 5.09. The molecule has 1 rings (SSSR count). The van der Waals surface area contributed by atoms with E-state index in [9.17, 15) is 0 Å². The molecule has 0 saturated heterocycles. The molecule has 0 radical (unpaired) electrons. The molecule has 3 N–H and O–H groups in total. The number of nitrogens with two attached hydrogens (primary N) is 1.